The highest BCUT2D eigenvalue weighted by atomic mass is 32.2. The summed E-state index contributed by atoms with van der Waals surface area (Å²) in [5, 5.41) is 13.1. The third-order valence-electron chi connectivity index (χ3n) is 5.96. The zero-order valence-electron chi connectivity index (χ0n) is 18.5. The second kappa shape index (κ2) is 10.4. The zero-order valence-corrected chi connectivity index (χ0v) is 19.3. The fourth-order valence-corrected chi connectivity index (χ4v) is 4.40. The average molecular weight is 465 g/mol. The summed E-state index contributed by atoms with van der Waals surface area (Å²) < 4.78 is 29.2. The highest BCUT2D eigenvalue weighted by Crippen LogP contribution is 2.29. The largest absolute Gasteiger partial charge is 0.438 e. The van der Waals surface area contributed by atoms with Gasteiger partial charge in [0.15, 0.2) is 11.7 Å². The van der Waals surface area contributed by atoms with E-state index in [1.807, 2.05) is 19.1 Å². The lowest BCUT2D eigenvalue weighted by Crippen LogP contribution is -2.45. The van der Waals surface area contributed by atoms with Crippen molar-refractivity contribution in [3.8, 4) is 0 Å². The van der Waals surface area contributed by atoms with E-state index < -0.39 is 39.1 Å². The molecular weight excluding hydrogens is 432 g/mol. The summed E-state index contributed by atoms with van der Waals surface area (Å²) in [5.74, 6) is -0.0804. The molecule has 1 heterocycles. The number of carbonyl (C=O) groups is 1. The number of para-hydroxylation sites is 2. The predicted molar refractivity (Wildman–Crippen MR) is 123 cm³/mol. The van der Waals surface area contributed by atoms with Crippen LogP contribution in [0.25, 0.3) is 11.1 Å². The molecule has 0 radical (unpaired) electrons. The van der Waals surface area contributed by atoms with E-state index in [1.165, 1.54) is 0 Å². The van der Waals surface area contributed by atoms with Crippen LogP contribution in [0.4, 0.5) is 0 Å². The van der Waals surface area contributed by atoms with Gasteiger partial charge < -0.3 is 20.6 Å². The fraction of sp³-hybridized carbons (Fsp3) is 0.591. The number of amides is 1. The minimum Gasteiger partial charge on any atom is -0.438 e. The maximum absolute atomic E-state index is 13.1. The summed E-state index contributed by atoms with van der Waals surface area (Å²) in [5.41, 5.74) is 6.82. The van der Waals surface area contributed by atoms with E-state index in [2.05, 4.69) is 15.3 Å². The lowest BCUT2D eigenvalue weighted by atomic mass is 9.84. The number of sulfone groups is 1. The van der Waals surface area contributed by atoms with Gasteiger partial charge in [-0.25, -0.2) is 18.4 Å². The van der Waals surface area contributed by atoms with Gasteiger partial charge in [-0.2, -0.15) is 0 Å². The van der Waals surface area contributed by atoms with Gasteiger partial charge in [0.1, 0.15) is 11.6 Å². The van der Waals surface area contributed by atoms with Crippen molar-refractivity contribution in [2.75, 3.05) is 6.26 Å². The Kier molecular flexibility index (Phi) is 7.89. The van der Waals surface area contributed by atoms with Crippen molar-refractivity contribution in [3.63, 3.8) is 0 Å². The molecule has 1 aromatic heterocycles. The highest BCUT2D eigenvalue weighted by molar-refractivity contribution is 8.05. The first-order valence-electron chi connectivity index (χ1n) is 11.1. The van der Waals surface area contributed by atoms with E-state index in [1.54, 1.807) is 12.1 Å². The maximum Gasteiger partial charge on any atom is 0.245 e. The zero-order chi connectivity index (χ0) is 23.3. The standard InChI is InChI=1S/C22H32N4O5S/c1-3-15(19(27)21-25-16-11-7-8-12-18(16)31-21)24-20(28)17(26-22(23)32(2,29)30)13-14-9-5-4-6-10-14/h7-8,11-12,14-15,17,19,27H,3-6,9-10,13H2,1-2H3,(H2,23,26)(H,24,28)/t15-,17-,19?/m0/s1. The average Bonchev–Trinajstić information content (AvgIpc) is 3.20. The Morgan fingerprint density at radius 2 is 2.00 bits per heavy atom. The van der Waals surface area contributed by atoms with Crippen LogP contribution in [0, 0.1) is 5.92 Å². The normalized spacial score (nSPS) is 18.9. The van der Waals surface area contributed by atoms with Gasteiger partial charge in [-0.05, 0) is 30.9 Å². The van der Waals surface area contributed by atoms with Crippen LogP contribution in [0.2, 0.25) is 0 Å². The number of hydrogen-bond donors (Lipinski definition) is 3. The van der Waals surface area contributed by atoms with Gasteiger partial charge in [-0.3, -0.25) is 4.79 Å². The SMILES string of the molecule is CC[C@H](NC(=O)[C@H](CC1CCCCC1)N=C(N)S(C)(=O)=O)C(O)c1nc2ccccc2o1. The Morgan fingerprint density at radius 1 is 1.31 bits per heavy atom. The lowest BCUT2D eigenvalue weighted by molar-refractivity contribution is -0.124. The Hall–Kier alpha value is -2.46. The predicted octanol–water partition coefficient (Wildman–Crippen LogP) is 2.45. The number of aliphatic hydroxyl groups excluding tert-OH is 1. The van der Waals surface area contributed by atoms with Crippen molar-refractivity contribution in [1.29, 1.82) is 0 Å². The van der Waals surface area contributed by atoms with Crippen molar-refractivity contribution in [1.82, 2.24) is 10.3 Å². The van der Waals surface area contributed by atoms with Crippen LogP contribution in [0.15, 0.2) is 33.7 Å². The molecule has 1 fully saturated rings. The number of nitrogens with two attached hydrogens (primary N) is 1. The molecule has 0 aliphatic heterocycles. The van der Waals surface area contributed by atoms with Crippen molar-refractivity contribution in [2.45, 2.75) is 70.1 Å². The smallest absolute Gasteiger partial charge is 0.245 e. The van der Waals surface area contributed by atoms with Crippen molar-refractivity contribution in [3.05, 3.63) is 30.2 Å². The molecule has 3 atom stereocenters. The number of aliphatic imine (C=N–C) groups is 1. The summed E-state index contributed by atoms with van der Waals surface area (Å²) in [6, 6.07) is 5.53. The molecule has 2 aromatic rings. The van der Waals surface area contributed by atoms with Crippen LogP contribution in [0.5, 0.6) is 0 Å². The lowest BCUT2D eigenvalue weighted by Gasteiger charge is -2.27. The van der Waals surface area contributed by atoms with Crippen LogP contribution in [-0.2, 0) is 14.6 Å². The second-order valence-electron chi connectivity index (χ2n) is 8.48. The summed E-state index contributed by atoms with van der Waals surface area (Å²) in [7, 11) is -3.71. The molecule has 176 valence electrons. The molecular formula is C22H32N4O5S. The van der Waals surface area contributed by atoms with Crippen molar-refractivity contribution >= 4 is 32.0 Å². The highest BCUT2D eigenvalue weighted by Gasteiger charge is 2.31. The molecule has 1 saturated carbocycles. The monoisotopic (exact) mass is 464 g/mol. The van der Waals surface area contributed by atoms with Crippen LogP contribution in [0.1, 0.15) is 63.9 Å². The van der Waals surface area contributed by atoms with E-state index in [4.69, 9.17) is 10.2 Å². The number of nitrogens with zero attached hydrogens (tertiary/aromatic N) is 2. The molecule has 1 amide bonds. The third-order valence-corrected chi connectivity index (χ3v) is 6.82. The van der Waals surface area contributed by atoms with Gasteiger partial charge in [0.25, 0.3) is 0 Å². The first-order valence-corrected chi connectivity index (χ1v) is 13.0. The van der Waals surface area contributed by atoms with E-state index >= 15 is 0 Å². The Labute approximate surface area is 188 Å². The number of aliphatic hydroxyl groups is 1. The quantitative estimate of drug-likeness (QED) is 0.401. The molecule has 1 aliphatic carbocycles. The number of benzene rings is 1. The first-order chi connectivity index (χ1) is 15.2. The van der Waals surface area contributed by atoms with Gasteiger partial charge in [0.2, 0.25) is 26.8 Å². The van der Waals surface area contributed by atoms with Gasteiger partial charge in [-0.1, -0.05) is 51.2 Å². The molecule has 10 heteroatoms. The van der Waals surface area contributed by atoms with E-state index in [0.29, 0.717) is 23.9 Å². The molecule has 0 bridgehead atoms. The molecule has 1 aliphatic rings. The molecule has 0 saturated heterocycles. The molecule has 0 spiro atoms. The molecule has 1 aromatic carbocycles. The Bertz CT molecular complexity index is 1030. The van der Waals surface area contributed by atoms with E-state index in [0.717, 1.165) is 38.4 Å². The van der Waals surface area contributed by atoms with Crippen LogP contribution in [-0.4, -0.2) is 47.9 Å². The molecule has 1 unspecified atom stereocenters. The number of hydrogen-bond acceptors (Lipinski definition) is 7. The fourth-order valence-electron chi connectivity index (χ4n) is 4.08. The van der Waals surface area contributed by atoms with Crippen LogP contribution < -0.4 is 11.1 Å². The Balaban J connectivity index is 1.78. The minimum absolute atomic E-state index is 0.112. The summed E-state index contributed by atoms with van der Waals surface area (Å²) >= 11 is 0. The molecule has 9 nitrogen and oxygen atoms in total. The van der Waals surface area contributed by atoms with Gasteiger partial charge in [0.05, 0.1) is 6.04 Å². The second-order valence-corrected chi connectivity index (χ2v) is 10.4. The summed E-state index contributed by atoms with van der Waals surface area (Å²) in [4.78, 5) is 21.5. The van der Waals surface area contributed by atoms with Gasteiger partial charge in [-0.15, -0.1) is 0 Å². The summed E-state index contributed by atoms with van der Waals surface area (Å²) in [6.45, 7) is 1.82. The maximum atomic E-state index is 13.1. The summed E-state index contributed by atoms with van der Waals surface area (Å²) in [6.07, 6.45) is 5.90. The number of oxazole rings is 1. The van der Waals surface area contributed by atoms with Crippen molar-refractivity contribution < 1.29 is 22.7 Å². The molecule has 4 N–H and O–H groups in total. The van der Waals surface area contributed by atoms with Crippen LogP contribution in [0.3, 0.4) is 0 Å². The Morgan fingerprint density at radius 3 is 2.62 bits per heavy atom. The number of aromatic nitrogens is 1. The molecule has 32 heavy (non-hydrogen) atoms. The first kappa shape index (κ1) is 24.2. The minimum atomic E-state index is -3.71. The van der Waals surface area contributed by atoms with E-state index in [9.17, 15) is 18.3 Å². The van der Waals surface area contributed by atoms with E-state index in [-0.39, 0.29) is 11.8 Å². The number of amidine groups is 1. The number of carbonyl (C=O) groups excluding carboxylic acids is 1. The number of fused-ring (bicyclic) bond motifs is 1. The van der Waals surface area contributed by atoms with Gasteiger partial charge in [0, 0.05) is 6.26 Å². The number of rotatable bonds is 8. The molecule has 3 rings (SSSR count). The third kappa shape index (κ3) is 6.07. The topological polar surface area (TPSA) is 148 Å². The number of nitrogens with one attached hydrogen (secondary N) is 1. The van der Waals surface area contributed by atoms with Gasteiger partial charge >= 0.3 is 0 Å². The van der Waals surface area contributed by atoms with Crippen LogP contribution >= 0.6 is 0 Å². The van der Waals surface area contributed by atoms with Crippen molar-refractivity contribution in [2.24, 2.45) is 16.6 Å².